The van der Waals surface area contributed by atoms with Gasteiger partial charge in [-0.25, -0.2) is 9.36 Å². The van der Waals surface area contributed by atoms with Crippen molar-refractivity contribution in [3.63, 3.8) is 0 Å². The summed E-state index contributed by atoms with van der Waals surface area (Å²) in [6.07, 6.45) is 0. The standard InChI is InChI=1S/C27H20N4O3/c28-20-11-5-17(6-12-20)18-7-13-21(14-8-18)29-25(32)19-9-15-22(16-10-19)31-26(33)23-3-1-2-4-24(23)30-27(31)34/h1-16H,28H2,(H,29,32)(H,30,34). The highest BCUT2D eigenvalue weighted by Gasteiger charge is 2.11. The number of rotatable bonds is 4. The molecular formula is C27H20N4O3. The molecule has 5 rings (SSSR count). The molecule has 0 saturated carbocycles. The molecule has 0 aliphatic rings. The highest BCUT2D eigenvalue weighted by atomic mass is 16.2. The van der Waals surface area contributed by atoms with Crippen LogP contribution in [0.3, 0.4) is 0 Å². The molecule has 166 valence electrons. The van der Waals surface area contributed by atoms with E-state index in [0.717, 1.165) is 15.7 Å². The van der Waals surface area contributed by atoms with Crippen LogP contribution in [0, 0.1) is 0 Å². The van der Waals surface area contributed by atoms with Gasteiger partial charge in [0, 0.05) is 16.9 Å². The quantitative estimate of drug-likeness (QED) is 0.358. The minimum atomic E-state index is -0.540. The van der Waals surface area contributed by atoms with Gasteiger partial charge in [-0.1, -0.05) is 36.4 Å². The maximum absolute atomic E-state index is 12.8. The summed E-state index contributed by atoms with van der Waals surface area (Å²) in [5.41, 5.74) is 9.42. The van der Waals surface area contributed by atoms with Gasteiger partial charge in [0.2, 0.25) is 0 Å². The van der Waals surface area contributed by atoms with Crippen molar-refractivity contribution in [3.05, 3.63) is 123 Å². The smallest absolute Gasteiger partial charge is 0.333 e. The number of anilines is 2. The number of carbonyl (C=O) groups excluding carboxylic acids is 1. The zero-order valence-corrected chi connectivity index (χ0v) is 18.0. The molecule has 0 aliphatic carbocycles. The average Bonchev–Trinajstić information content (AvgIpc) is 2.85. The van der Waals surface area contributed by atoms with Crippen molar-refractivity contribution in [1.82, 2.24) is 9.55 Å². The monoisotopic (exact) mass is 448 g/mol. The molecule has 0 atom stereocenters. The molecule has 0 fully saturated rings. The van der Waals surface area contributed by atoms with Crippen LogP contribution in [0.5, 0.6) is 0 Å². The topological polar surface area (TPSA) is 110 Å². The summed E-state index contributed by atoms with van der Waals surface area (Å²) in [4.78, 5) is 40.7. The maximum atomic E-state index is 12.8. The molecule has 4 N–H and O–H groups in total. The fourth-order valence-electron chi connectivity index (χ4n) is 3.78. The number of hydrogen-bond acceptors (Lipinski definition) is 4. The van der Waals surface area contributed by atoms with Crippen molar-refractivity contribution < 1.29 is 4.79 Å². The molecule has 1 amide bonds. The Kier molecular flexibility index (Phi) is 5.27. The van der Waals surface area contributed by atoms with E-state index in [9.17, 15) is 14.4 Å². The van der Waals surface area contributed by atoms with E-state index in [1.54, 1.807) is 48.5 Å². The second-order valence-electron chi connectivity index (χ2n) is 7.82. The number of nitrogen functional groups attached to an aromatic ring is 1. The Balaban J connectivity index is 1.35. The molecule has 0 aliphatic heterocycles. The zero-order valence-electron chi connectivity index (χ0n) is 18.0. The van der Waals surface area contributed by atoms with Crippen LogP contribution in [0.1, 0.15) is 10.4 Å². The molecule has 1 heterocycles. The number of amides is 1. The Hall–Kier alpha value is -4.91. The number of benzene rings is 4. The van der Waals surface area contributed by atoms with Crippen LogP contribution >= 0.6 is 0 Å². The van der Waals surface area contributed by atoms with E-state index in [0.29, 0.717) is 33.5 Å². The van der Waals surface area contributed by atoms with E-state index in [2.05, 4.69) is 10.3 Å². The van der Waals surface area contributed by atoms with Crippen molar-refractivity contribution in [3.8, 4) is 16.8 Å². The van der Waals surface area contributed by atoms with Crippen molar-refractivity contribution in [2.24, 2.45) is 0 Å². The van der Waals surface area contributed by atoms with E-state index in [1.807, 2.05) is 48.5 Å². The lowest BCUT2D eigenvalue weighted by Gasteiger charge is -2.09. The normalized spacial score (nSPS) is 10.8. The summed E-state index contributed by atoms with van der Waals surface area (Å²) in [6, 6.07) is 28.2. The second kappa shape index (κ2) is 8.55. The summed E-state index contributed by atoms with van der Waals surface area (Å²) >= 11 is 0. The Morgan fingerprint density at radius 2 is 1.38 bits per heavy atom. The van der Waals surface area contributed by atoms with Gasteiger partial charge in [-0.3, -0.25) is 9.59 Å². The van der Waals surface area contributed by atoms with Crippen LogP contribution in [-0.4, -0.2) is 15.5 Å². The molecule has 0 saturated heterocycles. The van der Waals surface area contributed by atoms with Crippen LogP contribution in [0.15, 0.2) is 107 Å². The number of nitrogens with zero attached hydrogens (tertiary/aromatic N) is 1. The van der Waals surface area contributed by atoms with Crippen LogP contribution in [0.4, 0.5) is 11.4 Å². The largest absolute Gasteiger partial charge is 0.399 e. The number of para-hydroxylation sites is 1. The summed E-state index contributed by atoms with van der Waals surface area (Å²) in [5.74, 6) is -0.299. The highest BCUT2D eigenvalue weighted by molar-refractivity contribution is 6.04. The lowest BCUT2D eigenvalue weighted by molar-refractivity contribution is 0.102. The Morgan fingerprint density at radius 1 is 0.765 bits per heavy atom. The number of hydrogen-bond donors (Lipinski definition) is 3. The van der Waals surface area contributed by atoms with E-state index in [4.69, 9.17) is 5.73 Å². The lowest BCUT2D eigenvalue weighted by Crippen LogP contribution is -2.33. The lowest BCUT2D eigenvalue weighted by atomic mass is 10.1. The molecule has 7 nitrogen and oxygen atoms in total. The molecule has 0 spiro atoms. The van der Waals surface area contributed by atoms with Crippen LogP contribution in [0.2, 0.25) is 0 Å². The summed E-state index contributed by atoms with van der Waals surface area (Å²) in [7, 11) is 0. The number of H-pyrrole nitrogens is 1. The van der Waals surface area contributed by atoms with Gasteiger partial charge in [-0.05, 0) is 71.8 Å². The van der Waals surface area contributed by atoms with Gasteiger partial charge in [0.25, 0.3) is 11.5 Å². The number of nitrogens with one attached hydrogen (secondary N) is 2. The second-order valence-corrected chi connectivity index (χ2v) is 7.82. The number of aromatic amines is 1. The Morgan fingerprint density at radius 3 is 2.06 bits per heavy atom. The summed E-state index contributed by atoms with van der Waals surface area (Å²) < 4.78 is 1.06. The van der Waals surface area contributed by atoms with E-state index >= 15 is 0 Å². The number of fused-ring (bicyclic) bond motifs is 1. The Bertz CT molecular complexity index is 1620. The number of carbonyl (C=O) groups is 1. The van der Waals surface area contributed by atoms with Crippen molar-refractivity contribution in [2.45, 2.75) is 0 Å². The van der Waals surface area contributed by atoms with Gasteiger partial charge in [0.1, 0.15) is 0 Å². The maximum Gasteiger partial charge on any atom is 0.333 e. The molecular weight excluding hydrogens is 428 g/mol. The summed E-state index contributed by atoms with van der Waals surface area (Å²) in [6.45, 7) is 0. The van der Waals surface area contributed by atoms with E-state index < -0.39 is 11.2 Å². The molecule has 0 bridgehead atoms. The molecule has 5 aromatic rings. The van der Waals surface area contributed by atoms with E-state index in [1.165, 1.54) is 0 Å². The molecule has 1 aromatic heterocycles. The molecule has 0 radical (unpaired) electrons. The third-order valence-corrected chi connectivity index (χ3v) is 5.58. The van der Waals surface area contributed by atoms with Crippen molar-refractivity contribution in [1.29, 1.82) is 0 Å². The van der Waals surface area contributed by atoms with E-state index in [-0.39, 0.29) is 5.91 Å². The van der Waals surface area contributed by atoms with Gasteiger partial charge >= 0.3 is 5.69 Å². The van der Waals surface area contributed by atoms with Crippen LogP contribution < -0.4 is 22.3 Å². The van der Waals surface area contributed by atoms with Crippen molar-refractivity contribution in [2.75, 3.05) is 11.1 Å². The van der Waals surface area contributed by atoms with Gasteiger partial charge in [-0.15, -0.1) is 0 Å². The van der Waals surface area contributed by atoms with Crippen molar-refractivity contribution >= 4 is 28.2 Å². The molecule has 4 aromatic carbocycles. The first-order chi connectivity index (χ1) is 16.5. The van der Waals surface area contributed by atoms with Crippen LogP contribution in [0.25, 0.3) is 27.7 Å². The zero-order chi connectivity index (χ0) is 23.7. The first kappa shape index (κ1) is 21.0. The predicted molar refractivity (Wildman–Crippen MR) is 134 cm³/mol. The third kappa shape index (κ3) is 3.98. The Labute approximate surface area is 194 Å². The van der Waals surface area contributed by atoms with Gasteiger partial charge in [0.05, 0.1) is 16.6 Å². The number of nitrogens with two attached hydrogens (primary N) is 1. The molecule has 7 heteroatoms. The fraction of sp³-hybridized carbons (Fsp3) is 0. The first-order valence-electron chi connectivity index (χ1n) is 10.6. The minimum Gasteiger partial charge on any atom is -0.399 e. The summed E-state index contributed by atoms with van der Waals surface area (Å²) in [5, 5.41) is 3.27. The molecule has 0 unspecified atom stereocenters. The SMILES string of the molecule is Nc1ccc(-c2ccc(NC(=O)c3ccc(-n4c(=O)[nH]c5ccccc5c4=O)cc3)cc2)cc1. The van der Waals surface area contributed by atoms with Crippen LogP contribution in [-0.2, 0) is 0 Å². The predicted octanol–water partition coefficient (Wildman–Crippen LogP) is 4.18. The molecule has 34 heavy (non-hydrogen) atoms. The van der Waals surface area contributed by atoms with Gasteiger partial charge < -0.3 is 16.0 Å². The van der Waals surface area contributed by atoms with Gasteiger partial charge in [-0.2, -0.15) is 0 Å². The first-order valence-corrected chi connectivity index (χ1v) is 10.6. The third-order valence-electron chi connectivity index (χ3n) is 5.58. The minimum absolute atomic E-state index is 0.299. The number of aromatic nitrogens is 2. The average molecular weight is 448 g/mol. The highest BCUT2D eigenvalue weighted by Crippen LogP contribution is 2.23. The fourth-order valence-corrected chi connectivity index (χ4v) is 3.78. The van der Waals surface area contributed by atoms with Gasteiger partial charge in [0.15, 0.2) is 0 Å².